The van der Waals surface area contributed by atoms with E-state index >= 15 is 0 Å². The summed E-state index contributed by atoms with van der Waals surface area (Å²) < 4.78 is 0. The normalized spacial score (nSPS) is 23.3. The second-order valence-corrected chi connectivity index (χ2v) is 13.3. The van der Waals surface area contributed by atoms with E-state index in [2.05, 4.69) is 63.4 Å². The van der Waals surface area contributed by atoms with Crippen LogP contribution in [0.25, 0.3) is 0 Å². The number of benzene rings is 2. The van der Waals surface area contributed by atoms with E-state index in [1.165, 1.54) is 50.2 Å². The second-order valence-electron chi connectivity index (χ2n) is 12.9. The summed E-state index contributed by atoms with van der Waals surface area (Å²) in [5, 5.41) is 7.34. The van der Waals surface area contributed by atoms with Crippen LogP contribution in [-0.4, -0.2) is 83.9 Å². The molecular weight excluding hydrogens is 546 g/mol. The number of piperazine rings is 1. The van der Waals surface area contributed by atoms with Crippen molar-refractivity contribution in [1.29, 1.82) is 0 Å². The third-order valence-electron chi connectivity index (χ3n) is 9.80. The fourth-order valence-corrected chi connectivity index (χ4v) is 7.48. The van der Waals surface area contributed by atoms with E-state index in [1.807, 2.05) is 24.3 Å². The number of hydrogen-bond acceptors (Lipinski definition) is 5. The van der Waals surface area contributed by atoms with Crippen LogP contribution in [0.3, 0.4) is 0 Å². The first-order valence-corrected chi connectivity index (χ1v) is 16.2. The lowest BCUT2D eigenvalue weighted by molar-refractivity contribution is -0.138. The summed E-state index contributed by atoms with van der Waals surface area (Å²) in [6, 6.07) is 16.6. The van der Waals surface area contributed by atoms with E-state index in [0.29, 0.717) is 11.9 Å². The summed E-state index contributed by atoms with van der Waals surface area (Å²) >= 11 is 6.18. The van der Waals surface area contributed by atoms with Crippen molar-refractivity contribution in [2.75, 3.05) is 51.1 Å². The molecule has 2 N–H and O–H groups in total. The molecule has 42 heavy (non-hydrogen) atoms. The molecule has 0 unspecified atom stereocenters. The van der Waals surface area contributed by atoms with Gasteiger partial charge in [-0.05, 0) is 62.1 Å². The molecule has 2 aliphatic heterocycles. The highest BCUT2D eigenvalue weighted by Gasteiger charge is 2.44. The Balaban J connectivity index is 1.19. The van der Waals surface area contributed by atoms with Gasteiger partial charge in [0.1, 0.15) is 0 Å². The number of nitrogens with one attached hydrogen (secondary N) is 2. The maximum atomic E-state index is 14.0. The molecule has 8 heteroatoms. The lowest BCUT2D eigenvalue weighted by atomic mass is 9.79. The quantitative estimate of drug-likeness (QED) is 0.410. The third kappa shape index (κ3) is 7.36. The van der Waals surface area contributed by atoms with Crippen molar-refractivity contribution < 1.29 is 9.59 Å². The van der Waals surface area contributed by atoms with Gasteiger partial charge in [-0.15, -0.1) is 0 Å². The van der Waals surface area contributed by atoms with E-state index in [-0.39, 0.29) is 23.3 Å². The van der Waals surface area contributed by atoms with Crippen LogP contribution in [0.1, 0.15) is 69.9 Å². The standard InChI is InChI=1S/C34H48ClN5O2/c1-25(2)39-22-31(28-9-11-29(35)12-10-28)32(23-39)33(42)38-17-19-40(20-18-38)34(15-5-4-6-16-34)24-36-21-27-7-13-30(14-8-27)37-26(3)41/h7-14,25,31-32,36H,4-6,15-24H2,1-3H3,(H,37,41)/t31-,32+/m1/s1. The van der Waals surface area contributed by atoms with Crippen LogP contribution in [0.2, 0.25) is 5.02 Å². The highest BCUT2D eigenvalue weighted by atomic mass is 35.5. The average Bonchev–Trinajstić information content (AvgIpc) is 3.44. The van der Waals surface area contributed by atoms with Gasteiger partial charge in [-0.3, -0.25) is 19.4 Å². The fraction of sp³-hybridized carbons (Fsp3) is 0.588. The van der Waals surface area contributed by atoms with Crippen LogP contribution < -0.4 is 10.6 Å². The molecule has 7 nitrogen and oxygen atoms in total. The van der Waals surface area contributed by atoms with Gasteiger partial charge in [-0.1, -0.05) is 55.1 Å². The SMILES string of the molecule is CC(=O)Nc1ccc(CNCC2(N3CCN(C(=O)[C@H]4CN(C(C)C)C[C@@H]4c4ccc(Cl)cc4)CC3)CCCCC2)cc1. The molecule has 2 heterocycles. The summed E-state index contributed by atoms with van der Waals surface area (Å²) in [4.78, 5) is 32.6. The zero-order valence-corrected chi connectivity index (χ0v) is 26.3. The highest BCUT2D eigenvalue weighted by Crippen LogP contribution is 2.37. The van der Waals surface area contributed by atoms with Crippen molar-refractivity contribution in [2.24, 2.45) is 5.92 Å². The number of nitrogens with zero attached hydrogens (tertiary/aromatic N) is 3. The average molecular weight is 594 g/mol. The number of hydrogen-bond donors (Lipinski definition) is 2. The van der Waals surface area contributed by atoms with Crippen LogP contribution in [0.5, 0.6) is 0 Å². The Hall–Kier alpha value is -2.45. The fourth-order valence-electron chi connectivity index (χ4n) is 7.35. The van der Waals surface area contributed by atoms with Crippen molar-refractivity contribution >= 4 is 29.1 Å². The van der Waals surface area contributed by atoms with Gasteiger partial charge in [-0.2, -0.15) is 0 Å². The minimum Gasteiger partial charge on any atom is -0.340 e. The van der Waals surface area contributed by atoms with Gasteiger partial charge in [0.05, 0.1) is 5.92 Å². The molecule has 1 saturated carbocycles. The Morgan fingerprint density at radius 2 is 1.60 bits per heavy atom. The second kappa shape index (κ2) is 13.9. The van der Waals surface area contributed by atoms with Gasteiger partial charge in [0, 0.05) is 87.5 Å². The lowest BCUT2D eigenvalue weighted by Crippen LogP contribution is -2.62. The maximum Gasteiger partial charge on any atom is 0.227 e. The van der Waals surface area contributed by atoms with Gasteiger partial charge >= 0.3 is 0 Å². The molecular formula is C34H48ClN5O2. The number of amides is 2. The number of halogens is 1. The van der Waals surface area contributed by atoms with Crippen molar-refractivity contribution in [3.63, 3.8) is 0 Å². The number of carbonyl (C=O) groups excluding carboxylic acids is 2. The molecule has 0 bridgehead atoms. The first-order valence-electron chi connectivity index (χ1n) is 15.8. The zero-order valence-electron chi connectivity index (χ0n) is 25.6. The molecule has 228 valence electrons. The smallest absolute Gasteiger partial charge is 0.227 e. The van der Waals surface area contributed by atoms with Crippen LogP contribution in [0.4, 0.5) is 5.69 Å². The Labute approximate surface area is 257 Å². The van der Waals surface area contributed by atoms with Crippen molar-refractivity contribution in [3.05, 3.63) is 64.7 Å². The van der Waals surface area contributed by atoms with Crippen molar-refractivity contribution in [2.45, 2.75) is 76.9 Å². The molecule has 2 amide bonds. The van der Waals surface area contributed by atoms with Crippen LogP contribution in [0.15, 0.2) is 48.5 Å². The van der Waals surface area contributed by atoms with E-state index in [4.69, 9.17) is 11.6 Å². The Bertz CT molecular complexity index is 1190. The Kier molecular flexibility index (Phi) is 10.3. The molecule has 3 aliphatic rings. The molecule has 2 atom stereocenters. The molecule has 5 rings (SSSR count). The predicted octanol–water partition coefficient (Wildman–Crippen LogP) is 5.36. The number of anilines is 1. The summed E-state index contributed by atoms with van der Waals surface area (Å²) in [5.74, 6) is 0.458. The van der Waals surface area contributed by atoms with Gasteiger partial charge in [0.15, 0.2) is 0 Å². The first-order chi connectivity index (χ1) is 20.2. The lowest BCUT2D eigenvalue weighted by Gasteiger charge is -2.50. The number of likely N-dealkylation sites (tertiary alicyclic amines) is 1. The predicted molar refractivity (Wildman–Crippen MR) is 171 cm³/mol. The summed E-state index contributed by atoms with van der Waals surface area (Å²) in [6.07, 6.45) is 6.26. The molecule has 0 radical (unpaired) electrons. The van der Waals surface area contributed by atoms with E-state index in [1.54, 1.807) is 0 Å². The number of rotatable bonds is 9. The molecule has 2 aromatic rings. The van der Waals surface area contributed by atoms with Crippen LogP contribution >= 0.6 is 11.6 Å². The molecule has 1 aliphatic carbocycles. The van der Waals surface area contributed by atoms with E-state index < -0.39 is 0 Å². The monoisotopic (exact) mass is 593 g/mol. The molecule has 0 aromatic heterocycles. The largest absolute Gasteiger partial charge is 0.340 e. The van der Waals surface area contributed by atoms with Crippen molar-refractivity contribution in [3.8, 4) is 0 Å². The number of carbonyl (C=O) groups is 2. The minimum absolute atomic E-state index is 0.0116. The van der Waals surface area contributed by atoms with Crippen LogP contribution in [-0.2, 0) is 16.1 Å². The Morgan fingerprint density at radius 1 is 0.929 bits per heavy atom. The Morgan fingerprint density at radius 3 is 2.21 bits per heavy atom. The summed E-state index contributed by atoms with van der Waals surface area (Å²) in [7, 11) is 0. The van der Waals surface area contributed by atoms with E-state index in [9.17, 15) is 9.59 Å². The van der Waals surface area contributed by atoms with Gasteiger partial charge in [0.2, 0.25) is 11.8 Å². The van der Waals surface area contributed by atoms with Crippen LogP contribution in [0, 0.1) is 5.92 Å². The molecule has 2 aromatic carbocycles. The third-order valence-corrected chi connectivity index (χ3v) is 10.0. The highest BCUT2D eigenvalue weighted by molar-refractivity contribution is 6.30. The van der Waals surface area contributed by atoms with Gasteiger partial charge in [0.25, 0.3) is 0 Å². The minimum atomic E-state index is -0.0518. The molecule has 3 fully saturated rings. The maximum absolute atomic E-state index is 14.0. The van der Waals surface area contributed by atoms with E-state index in [0.717, 1.165) is 63.1 Å². The van der Waals surface area contributed by atoms with Gasteiger partial charge < -0.3 is 15.5 Å². The topological polar surface area (TPSA) is 67.9 Å². The van der Waals surface area contributed by atoms with Crippen molar-refractivity contribution in [1.82, 2.24) is 20.0 Å². The summed E-state index contributed by atoms with van der Waals surface area (Å²) in [6.45, 7) is 13.0. The first kappa shape index (κ1) is 31.0. The van der Waals surface area contributed by atoms with Gasteiger partial charge in [-0.25, -0.2) is 0 Å². The summed E-state index contributed by atoms with van der Waals surface area (Å²) in [5.41, 5.74) is 3.41. The molecule has 0 spiro atoms. The zero-order chi connectivity index (χ0) is 29.7. The molecule has 2 saturated heterocycles.